The van der Waals surface area contributed by atoms with Crippen LogP contribution in [0.1, 0.15) is 50.8 Å². The minimum Gasteiger partial charge on any atom is -0.493 e. The van der Waals surface area contributed by atoms with Crippen molar-refractivity contribution < 1.29 is 14.0 Å². The summed E-state index contributed by atoms with van der Waals surface area (Å²) >= 11 is 0. The second-order valence-corrected chi connectivity index (χ2v) is 7.42. The molecule has 0 saturated carbocycles. The van der Waals surface area contributed by atoms with E-state index in [0.717, 1.165) is 46.4 Å². The average molecular weight is 396 g/mol. The van der Waals surface area contributed by atoms with Crippen LogP contribution in [-0.4, -0.2) is 27.8 Å². The van der Waals surface area contributed by atoms with E-state index in [1.54, 1.807) is 6.20 Å². The van der Waals surface area contributed by atoms with Crippen LogP contribution >= 0.6 is 0 Å². The van der Waals surface area contributed by atoms with Crippen molar-refractivity contribution in [2.45, 2.75) is 60.5 Å². The third kappa shape index (κ3) is 4.75. The minimum absolute atomic E-state index is 0.0732. The van der Waals surface area contributed by atoms with Gasteiger partial charge in [-0.2, -0.15) is 4.98 Å². The van der Waals surface area contributed by atoms with Crippen molar-refractivity contribution in [3.8, 4) is 34.5 Å². The van der Waals surface area contributed by atoms with Gasteiger partial charge in [-0.25, -0.2) is 4.98 Å². The number of hydrogen-bond donors (Lipinski definition) is 0. The summed E-state index contributed by atoms with van der Waals surface area (Å²) < 4.78 is 17.2. The SMILES string of the molecule is CCCOc1c(C)cc(-c2nc(-c3cnc(OC(C)C)c(C)c3)no2)cc1CC. The highest BCUT2D eigenvalue weighted by molar-refractivity contribution is 5.63. The lowest BCUT2D eigenvalue weighted by atomic mass is 10.0. The predicted molar refractivity (Wildman–Crippen MR) is 113 cm³/mol. The molecule has 2 heterocycles. The molecule has 0 atom stereocenters. The maximum Gasteiger partial charge on any atom is 0.258 e. The lowest BCUT2D eigenvalue weighted by Crippen LogP contribution is -2.08. The molecule has 0 radical (unpaired) electrons. The molecule has 29 heavy (non-hydrogen) atoms. The van der Waals surface area contributed by atoms with Crippen LogP contribution in [0.5, 0.6) is 11.6 Å². The van der Waals surface area contributed by atoms with Gasteiger partial charge in [0.2, 0.25) is 11.7 Å². The summed E-state index contributed by atoms with van der Waals surface area (Å²) in [6.07, 6.45) is 3.63. The zero-order valence-electron chi connectivity index (χ0n) is 18.1. The first kappa shape index (κ1) is 20.8. The second-order valence-electron chi connectivity index (χ2n) is 7.42. The first-order valence-corrected chi connectivity index (χ1v) is 10.2. The highest BCUT2D eigenvalue weighted by Crippen LogP contribution is 2.32. The Morgan fingerprint density at radius 1 is 1.03 bits per heavy atom. The molecule has 3 rings (SSSR count). The van der Waals surface area contributed by atoms with Gasteiger partial charge < -0.3 is 14.0 Å². The van der Waals surface area contributed by atoms with Gasteiger partial charge >= 0.3 is 0 Å². The van der Waals surface area contributed by atoms with Crippen LogP contribution in [0, 0.1) is 13.8 Å². The van der Waals surface area contributed by atoms with Crippen LogP contribution in [0.15, 0.2) is 28.9 Å². The fourth-order valence-corrected chi connectivity index (χ4v) is 3.13. The molecule has 3 aromatic rings. The maximum atomic E-state index is 5.94. The zero-order chi connectivity index (χ0) is 21.0. The van der Waals surface area contributed by atoms with Crippen molar-refractivity contribution in [2.75, 3.05) is 6.61 Å². The van der Waals surface area contributed by atoms with Crippen molar-refractivity contribution in [1.29, 1.82) is 0 Å². The third-order valence-corrected chi connectivity index (χ3v) is 4.49. The van der Waals surface area contributed by atoms with E-state index in [0.29, 0.717) is 24.2 Å². The van der Waals surface area contributed by atoms with Gasteiger partial charge in [-0.05, 0) is 69.9 Å². The number of aromatic nitrogens is 3. The van der Waals surface area contributed by atoms with Gasteiger partial charge in [0, 0.05) is 22.9 Å². The molecule has 0 amide bonds. The Kier molecular flexibility index (Phi) is 6.52. The molecule has 2 aromatic heterocycles. The van der Waals surface area contributed by atoms with E-state index in [1.165, 1.54) is 0 Å². The number of ether oxygens (including phenoxy) is 2. The van der Waals surface area contributed by atoms with Crippen molar-refractivity contribution >= 4 is 0 Å². The Labute approximate surface area is 172 Å². The number of pyridine rings is 1. The minimum atomic E-state index is 0.0732. The maximum absolute atomic E-state index is 5.94. The van der Waals surface area contributed by atoms with E-state index >= 15 is 0 Å². The molecule has 0 unspecified atom stereocenters. The zero-order valence-corrected chi connectivity index (χ0v) is 18.1. The molecular weight excluding hydrogens is 366 g/mol. The van der Waals surface area contributed by atoms with Crippen LogP contribution in [0.25, 0.3) is 22.8 Å². The highest BCUT2D eigenvalue weighted by Gasteiger charge is 2.16. The number of rotatable bonds is 8. The summed E-state index contributed by atoms with van der Waals surface area (Å²) in [6.45, 7) is 12.9. The molecule has 0 N–H and O–H groups in total. The Hall–Kier alpha value is -2.89. The number of nitrogens with zero attached hydrogens (tertiary/aromatic N) is 3. The number of benzene rings is 1. The van der Waals surface area contributed by atoms with E-state index in [9.17, 15) is 0 Å². The van der Waals surface area contributed by atoms with Crippen molar-refractivity contribution in [3.63, 3.8) is 0 Å². The smallest absolute Gasteiger partial charge is 0.258 e. The molecule has 6 nitrogen and oxygen atoms in total. The van der Waals surface area contributed by atoms with Crippen molar-refractivity contribution in [3.05, 3.63) is 41.1 Å². The monoisotopic (exact) mass is 395 g/mol. The van der Waals surface area contributed by atoms with Crippen molar-refractivity contribution in [2.24, 2.45) is 0 Å². The van der Waals surface area contributed by atoms with E-state index in [4.69, 9.17) is 14.0 Å². The van der Waals surface area contributed by atoms with E-state index in [1.807, 2.05) is 39.8 Å². The third-order valence-electron chi connectivity index (χ3n) is 4.49. The summed E-state index contributed by atoms with van der Waals surface area (Å²) in [6, 6.07) is 6.06. The summed E-state index contributed by atoms with van der Waals surface area (Å²) in [4.78, 5) is 8.99. The first-order valence-electron chi connectivity index (χ1n) is 10.2. The molecule has 6 heteroatoms. The number of aryl methyl sites for hydroxylation is 3. The van der Waals surface area contributed by atoms with Gasteiger partial charge in [0.1, 0.15) is 5.75 Å². The molecular formula is C23H29N3O3. The van der Waals surface area contributed by atoms with Gasteiger partial charge in [0.05, 0.1) is 12.7 Å². The molecule has 0 aliphatic heterocycles. The Morgan fingerprint density at radius 2 is 1.79 bits per heavy atom. The molecule has 0 aliphatic rings. The quantitative estimate of drug-likeness (QED) is 0.498. The van der Waals surface area contributed by atoms with Crippen molar-refractivity contribution in [1.82, 2.24) is 15.1 Å². The van der Waals surface area contributed by atoms with Crippen LogP contribution in [0.2, 0.25) is 0 Å². The summed E-state index contributed by atoms with van der Waals surface area (Å²) in [5.74, 6) is 2.57. The Morgan fingerprint density at radius 3 is 2.45 bits per heavy atom. The fraction of sp³-hybridized carbons (Fsp3) is 0.435. The number of hydrogen-bond acceptors (Lipinski definition) is 6. The first-order chi connectivity index (χ1) is 13.9. The van der Waals surface area contributed by atoms with Gasteiger partial charge in [-0.15, -0.1) is 0 Å². The van der Waals surface area contributed by atoms with E-state index in [2.05, 4.69) is 35.0 Å². The Bertz CT molecular complexity index is 979. The van der Waals surface area contributed by atoms with Crippen LogP contribution < -0.4 is 9.47 Å². The predicted octanol–water partition coefficient (Wildman–Crippen LogP) is 5.55. The molecule has 0 bridgehead atoms. The Balaban J connectivity index is 1.90. The molecule has 0 spiro atoms. The standard InChI is InChI=1S/C23H29N3O3/c1-7-9-27-20-15(5)10-18(12-17(20)8-2)23-25-21(26-29-23)19-11-16(6)22(24-13-19)28-14(3)4/h10-14H,7-9H2,1-6H3. The largest absolute Gasteiger partial charge is 0.493 e. The highest BCUT2D eigenvalue weighted by atomic mass is 16.5. The lowest BCUT2D eigenvalue weighted by molar-refractivity contribution is 0.231. The summed E-state index contributed by atoms with van der Waals surface area (Å²) in [7, 11) is 0. The summed E-state index contributed by atoms with van der Waals surface area (Å²) in [5, 5.41) is 4.15. The van der Waals surface area contributed by atoms with Gasteiger partial charge in [0.15, 0.2) is 0 Å². The molecule has 1 aromatic carbocycles. The fourth-order valence-electron chi connectivity index (χ4n) is 3.13. The second kappa shape index (κ2) is 9.07. The van der Waals surface area contributed by atoms with Crippen LogP contribution in [0.3, 0.4) is 0 Å². The lowest BCUT2D eigenvalue weighted by Gasteiger charge is -2.14. The average Bonchev–Trinajstić information content (AvgIpc) is 3.18. The van der Waals surface area contributed by atoms with Crippen LogP contribution in [0.4, 0.5) is 0 Å². The molecule has 0 fully saturated rings. The van der Waals surface area contributed by atoms with E-state index < -0.39 is 0 Å². The van der Waals surface area contributed by atoms with Gasteiger partial charge in [-0.1, -0.05) is 19.0 Å². The van der Waals surface area contributed by atoms with Gasteiger partial charge in [-0.3, -0.25) is 0 Å². The molecule has 154 valence electrons. The normalized spacial score (nSPS) is 11.1. The van der Waals surface area contributed by atoms with Crippen LogP contribution in [-0.2, 0) is 6.42 Å². The van der Waals surface area contributed by atoms with E-state index in [-0.39, 0.29) is 6.10 Å². The molecule has 0 saturated heterocycles. The van der Waals surface area contributed by atoms with Gasteiger partial charge in [0.25, 0.3) is 5.89 Å². The molecule has 0 aliphatic carbocycles. The topological polar surface area (TPSA) is 70.3 Å². The summed E-state index contributed by atoms with van der Waals surface area (Å²) in [5.41, 5.74) is 4.83.